The zero-order valence-corrected chi connectivity index (χ0v) is 11.9. The Balaban J connectivity index is 2.38. The predicted molar refractivity (Wildman–Crippen MR) is 78.4 cm³/mol. The predicted octanol–water partition coefficient (Wildman–Crippen LogP) is 1.34. The number of rotatable bonds is 4. The molecule has 0 fully saturated rings. The van der Waals surface area contributed by atoms with Crippen LogP contribution in [0.15, 0.2) is 46.2 Å². The molecule has 0 saturated carbocycles. The van der Waals surface area contributed by atoms with E-state index in [1.165, 1.54) is 6.20 Å². The maximum atomic E-state index is 11.8. The molecule has 1 aromatic heterocycles. The molecule has 0 amide bonds. The molecule has 1 heterocycles. The number of aromatic nitrogens is 1. The van der Waals surface area contributed by atoms with E-state index in [4.69, 9.17) is 5.73 Å². The van der Waals surface area contributed by atoms with Crippen LogP contribution in [0.25, 0.3) is 0 Å². The Kier molecular flexibility index (Phi) is 3.94. The number of hydrogen-bond donors (Lipinski definition) is 2. The van der Waals surface area contributed by atoms with Gasteiger partial charge in [-0.3, -0.25) is 4.79 Å². The quantitative estimate of drug-likeness (QED) is 0.889. The number of pyridine rings is 1. The molecule has 0 aliphatic heterocycles. The van der Waals surface area contributed by atoms with Crippen LogP contribution < -0.4 is 11.3 Å². The van der Waals surface area contributed by atoms with Crippen molar-refractivity contribution in [3.8, 4) is 0 Å². The van der Waals surface area contributed by atoms with Crippen molar-refractivity contribution in [1.29, 1.82) is 0 Å². The van der Waals surface area contributed by atoms with Crippen LogP contribution in [0.2, 0.25) is 0 Å². The van der Waals surface area contributed by atoms with Crippen molar-refractivity contribution in [2.24, 2.45) is 0 Å². The first-order valence-electron chi connectivity index (χ1n) is 6.22. The minimum atomic E-state index is -3.23. The standard InChI is InChI=1S/C14H16N2O3S/c1-2-20(18,19)12-5-3-4-10(9-12)8-11-6-7-16-14(17)13(11)15/h3-7,9H,2,8,15H2,1H3,(H,16,17). The average molecular weight is 292 g/mol. The fourth-order valence-electron chi connectivity index (χ4n) is 1.92. The summed E-state index contributed by atoms with van der Waals surface area (Å²) in [6, 6.07) is 8.43. The van der Waals surface area contributed by atoms with Gasteiger partial charge in [-0.1, -0.05) is 19.1 Å². The molecular formula is C14H16N2O3S. The maximum absolute atomic E-state index is 11.8. The zero-order chi connectivity index (χ0) is 14.8. The third-order valence-corrected chi connectivity index (χ3v) is 4.85. The average Bonchev–Trinajstić information content (AvgIpc) is 2.44. The number of anilines is 1. The monoisotopic (exact) mass is 292 g/mol. The van der Waals surface area contributed by atoms with Crippen molar-refractivity contribution in [3.63, 3.8) is 0 Å². The molecule has 5 nitrogen and oxygen atoms in total. The number of sulfone groups is 1. The molecule has 20 heavy (non-hydrogen) atoms. The summed E-state index contributed by atoms with van der Waals surface area (Å²) < 4.78 is 23.7. The van der Waals surface area contributed by atoms with Crippen LogP contribution in [0, 0.1) is 0 Å². The Morgan fingerprint density at radius 3 is 2.70 bits per heavy atom. The fourth-order valence-corrected chi connectivity index (χ4v) is 2.87. The van der Waals surface area contributed by atoms with Gasteiger partial charge >= 0.3 is 0 Å². The van der Waals surface area contributed by atoms with Gasteiger partial charge in [-0.2, -0.15) is 0 Å². The molecule has 2 rings (SSSR count). The molecule has 0 unspecified atom stereocenters. The van der Waals surface area contributed by atoms with Gasteiger partial charge in [-0.15, -0.1) is 0 Å². The summed E-state index contributed by atoms with van der Waals surface area (Å²) in [4.78, 5) is 14.2. The lowest BCUT2D eigenvalue weighted by Crippen LogP contribution is -2.13. The summed E-state index contributed by atoms with van der Waals surface area (Å²) in [5.74, 6) is 0.0591. The summed E-state index contributed by atoms with van der Waals surface area (Å²) in [5, 5.41) is 0. The van der Waals surface area contributed by atoms with Gasteiger partial charge in [0.2, 0.25) is 0 Å². The van der Waals surface area contributed by atoms with Gasteiger partial charge in [0.25, 0.3) is 5.56 Å². The lowest BCUT2D eigenvalue weighted by molar-refractivity contribution is 0.597. The van der Waals surface area contributed by atoms with Crippen molar-refractivity contribution >= 4 is 15.5 Å². The SMILES string of the molecule is CCS(=O)(=O)c1cccc(Cc2cc[nH]c(=O)c2N)c1. The maximum Gasteiger partial charge on any atom is 0.271 e. The molecule has 106 valence electrons. The third kappa shape index (κ3) is 2.91. The minimum Gasteiger partial charge on any atom is -0.394 e. The van der Waals surface area contributed by atoms with Gasteiger partial charge < -0.3 is 10.7 Å². The molecule has 0 saturated heterocycles. The van der Waals surface area contributed by atoms with Gasteiger partial charge in [0, 0.05) is 6.20 Å². The number of nitrogens with one attached hydrogen (secondary N) is 1. The van der Waals surface area contributed by atoms with E-state index >= 15 is 0 Å². The number of nitrogens with two attached hydrogens (primary N) is 1. The number of nitrogen functional groups attached to an aromatic ring is 1. The van der Waals surface area contributed by atoms with Crippen molar-refractivity contribution in [2.75, 3.05) is 11.5 Å². The third-order valence-electron chi connectivity index (χ3n) is 3.12. The van der Waals surface area contributed by atoms with Crippen LogP contribution in [0.1, 0.15) is 18.1 Å². The highest BCUT2D eigenvalue weighted by Crippen LogP contribution is 2.17. The highest BCUT2D eigenvalue weighted by atomic mass is 32.2. The summed E-state index contributed by atoms with van der Waals surface area (Å²) in [7, 11) is -3.23. The second-order valence-electron chi connectivity index (χ2n) is 4.47. The second-order valence-corrected chi connectivity index (χ2v) is 6.75. The number of hydrogen-bond acceptors (Lipinski definition) is 4. The fraction of sp³-hybridized carbons (Fsp3) is 0.214. The number of benzene rings is 1. The molecular weight excluding hydrogens is 276 g/mol. The number of H-pyrrole nitrogens is 1. The molecule has 1 aromatic carbocycles. The Bertz CT molecular complexity index is 779. The first-order valence-corrected chi connectivity index (χ1v) is 7.87. The van der Waals surface area contributed by atoms with E-state index in [2.05, 4.69) is 4.98 Å². The highest BCUT2D eigenvalue weighted by Gasteiger charge is 2.12. The second kappa shape index (κ2) is 5.50. The summed E-state index contributed by atoms with van der Waals surface area (Å²) in [6.45, 7) is 1.61. The first-order chi connectivity index (χ1) is 9.44. The topological polar surface area (TPSA) is 93.0 Å². The van der Waals surface area contributed by atoms with Gasteiger partial charge in [0.1, 0.15) is 5.69 Å². The lowest BCUT2D eigenvalue weighted by Gasteiger charge is -2.07. The van der Waals surface area contributed by atoms with Crippen molar-refractivity contribution in [1.82, 2.24) is 4.98 Å². The largest absolute Gasteiger partial charge is 0.394 e. The highest BCUT2D eigenvalue weighted by molar-refractivity contribution is 7.91. The molecule has 0 aliphatic carbocycles. The Labute approximate surface area is 117 Å². The van der Waals surface area contributed by atoms with E-state index in [0.717, 1.165) is 5.56 Å². The van der Waals surface area contributed by atoms with Gasteiger partial charge in [0.15, 0.2) is 9.84 Å². The molecule has 0 aliphatic rings. The van der Waals surface area contributed by atoms with Crippen LogP contribution in [-0.4, -0.2) is 19.2 Å². The van der Waals surface area contributed by atoms with Crippen LogP contribution in [0.3, 0.4) is 0 Å². The summed E-state index contributed by atoms with van der Waals surface area (Å²) in [5.41, 5.74) is 7.03. The molecule has 0 radical (unpaired) electrons. The Morgan fingerprint density at radius 2 is 2.00 bits per heavy atom. The van der Waals surface area contributed by atoms with Gasteiger partial charge in [-0.05, 0) is 35.7 Å². The molecule has 3 N–H and O–H groups in total. The normalized spacial score (nSPS) is 11.4. The van der Waals surface area contributed by atoms with E-state index in [9.17, 15) is 13.2 Å². The summed E-state index contributed by atoms with van der Waals surface area (Å²) in [6.07, 6.45) is 1.95. The van der Waals surface area contributed by atoms with Crippen LogP contribution in [0.4, 0.5) is 5.69 Å². The van der Waals surface area contributed by atoms with Gasteiger partial charge in [-0.25, -0.2) is 8.42 Å². The Hall–Kier alpha value is -2.08. The molecule has 0 spiro atoms. The molecule has 0 bridgehead atoms. The molecule has 0 atom stereocenters. The smallest absolute Gasteiger partial charge is 0.271 e. The van der Waals surface area contributed by atoms with Crippen LogP contribution >= 0.6 is 0 Å². The van der Waals surface area contributed by atoms with Crippen LogP contribution in [-0.2, 0) is 16.3 Å². The summed E-state index contributed by atoms with van der Waals surface area (Å²) >= 11 is 0. The van der Waals surface area contributed by atoms with E-state index in [1.807, 2.05) is 6.07 Å². The van der Waals surface area contributed by atoms with Gasteiger partial charge in [0.05, 0.1) is 10.6 Å². The van der Waals surface area contributed by atoms with E-state index in [0.29, 0.717) is 16.9 Å². The number of aromatic amines is 1. The van der Waals surface area contributed by atoms with Crippen molar-refractivity contribution in [3.05, 3.63) is 58.0 Å². The van der Waals surface area contributed by atoms with E-state index in [1.54, 1.807) is 31.2 Å². The Morgan fingerprint density at radius 1 is 1.25 bits per heavy atom. The molecule has 2 aromatic rings. The first kappa shape index (κ1) is 14.3. The van der Waals surface area contributed by atoms with Crippen molar-refractivity contribution < 1.29 is 8.42 Å². The van der Waals surface area contributed by atoms with Crippen LogP contribution in [0.5, 0.6) is 0 Å². The van der Waals surface area contributed by atoms with E-state index in [-0.39, 0.29) is 17.0 Å². The zero-order valence-electron chi connectivity index (χ0n) is 11.1. The lowest BCUT2D eigenvalue weighted by atomic mass is 10.1. The van der Waals surface area contributed by atoms with Crippen molar-refractivity contribution in [2.45, 2.75) is 18.2 Å². The minimum absolute atomic E-state index is 0.0591. The van der Waals surface area contributed by atoms with E-state index < -0.39 is 9.84 Å². The molecule has 6 heteroatoms.